The van der Waals surface area contributed by atoms with Crippen molar-refractivity contribution in [3.8, 4) is 5.75 Å². The fraction of sp³-hybridized carbons (Fsp3) is 0.412. The Morgan fingerprint density at radius 2 is 1.89 bits per heavy atom. The summed E-state index contributed by atoms with van der Waals surface area (Å²) in [4.78, 5) is 4.48. The van der Waals surface area contributed by atoms with Crippen LogP contribution in [0.1, 0.15) is 18.1 Å². The molecule has 0 atom stereocenters. The summed E-state index contributed by atoms with van der Waals surface area (Å²) in [6.45, 7) is 2.36. The van der Waals surface area contributed by atoms with Crippen molar-refractivity contribution in [1.29, 1.82) is 0 Å². The minimum absolute atomic E-state index is 0. The van der Waals surface area contributed by atoms with Crippen LogP contribution in [0.15, 0.2) is 41.7 Å². The molecule has 0 fully saturated rings. The lowest BCUT2D eigenvalue weighted by molar-refractivity contribution is -0.153. The topological polar surface area (TPSA) is 63.5 Å². The molecule has 0 saturated carbocycles. The largest absolute Gasteiger partial charge is 0.484 e. The van der Waals surface area contributed by atoms with Gasteiger partial charge in [0.2, 0.25) is 0 Å². The molecule has 2 aromatic rings. The van der Waals surface area contributed by atoms with Crippen molar-refractivity contribution >= 4 is 29.9 Å². The number of nitrogens with one attached hydrogen (secondary N) is 2. The average molecular weight is 497 g/mol. The van der Waals surface area contributed by atoms with Crippen LogP contribution in [0.2, 0.25) is 0 Å². The molecule has 0 spiro atoms. The number of hydrogen-bond donors (Lipinski definition) is 2. The molecule has 10 heteroatoms. The molecular weight excluding hydrogens is 474 g/mol. The highest BCUT2D eigenvalue weighted by atomic mass is 127. The highest BCUT2D eigenvalue weighted by Gasteiger charge is 2.28. The molecule has 27 heavy (non-hydrogen) atoms. The zero-order chi connectivity index (χ0) is 19.0. The number of alkyl halides is 3. The number of benzene rings is 1. The Morgan fingerprint density at radius 3 is 2.44 bits per heavy atom. The normalized spacial score (nSPS) is 11.7. The number of ether oxygens (including phenoxy) is 1. The van der Waals surface area contributed by atoms with Gasteiger partial charge in [-0.2, -0.15) is 18.3 Å². The van der Waals surface area contributed by atoms with Gasteiger partial charge in [-0.1, -0.05) is 12.1 Å². The van der Waals surface area contributed by atoms with Crippen LogP contribution in [0.3, 0.4) is 0 Å². The van der Waals surface area contributed by atoms with E-state index in [2.05, 4.69) is 25.5 Å². The van der Waals surface area contributed by atoms with Gasteiger partial charge in [0, 0.05) is 31.9 Å². The van der Waals surface area contributed by atoms with Gasteiger partial charge in [0.1, 0.15) is 5.75 Å². The van der Waals surface area contributed by atoms with Gasteiger partial charge in [-0.05, 0) is 24.6 Å². The lowest BCUT2D eigenvalue weighted by atomic mass is 10.2. The molecule has 2 rings (SSSR count). The number of halogens is 4. The molecule has 2 N–H and O–H groups in total. The van der Waals surface area contributed by atoms with Crippen LogP contribution in [0, 0.1) is 0 Å². The molecule has 1 aromatic carbocycles. The Morgan fingerprint density at radius 1 is 1.19 bits per heavy atom. The fourth-order valence-electron chi connectivity index (χ4n) is 2.12. The number of hydrogen-bond acceptors (Lipinski definition) is 3. The van der Waals surface area contributed by atoms with Gasteiger partial charge in [0.25, 0.3) is 0 Å². The number of guanidine groups is 1. The van der Waals surface area contributed by atoms with Crippen LogP contribution >= 0.6 is 24.0 Å². The van der Waals surface area contributed by atoms with E-state index in [0.29, 0.717) is 25.6 Å². The predicted molar refractivity (Wildman–Crippen MR) is 108 cm³/mol. The van der Waals surface area contributed by atoms with E-state index in [4.69, 9.17) is 0 Å². The summed E-state index contributed by atoms with van der Waals surface area (Å²) in [5.74, 6) is 0.831. The zero-order valence-corrected chi connectivity index (χ0v) is 17.4. The van der Waals surface area contributed by atoms with E-state index in [1.807, 2.05) is 20.2 Å². The van der Waals surface area contributed by atoms with Crippen LogP contribution in [0.5, 0.6) is 5.75 Å². The predicted octanol–water partition coefficient (Wildman–Crippen LogP) is 3.23. The van der Waals surface area contributed by atoms with Gasteiger partial charge in [-0.15, -0.1) is 24.0 Å². The minimum Gasteiger partial charge on any atom is -0.484 e. The maximum atomic E-state index is 12.1. The molecule has 6 nitrogen and oxygen atoms in total. The molecular formula is C17H23F3IN5O. The van der Waals surface area contributed by atoms with Gasteiger partial charge < -0.3 is 15.4 Å². The number of aryl methyl sites for hydroxylation is 1. The Labute approximate surface area is 173 Å². The van der Waals surface area contributed by atoms with Crippen molar-refractivity contribution in [3.63, 3.8) is 0 Å². The van der Waals surface area contributed by atoms with E-state index >= 15 is 0 Å². The van der Waals surface area contributed by atoms with Gasteiger partial charge in [-0.3, -0.25) is 4.68 Å². The second kappa shape index (κ2) is 11.0. The first-order chi connectivity index (χ1) is 12.4. The van der Waals surface area contributed by atoms with Gasteiger partial charge >= 0.3 is 6.18 Å². The van der Waals surface area contributed by atoms with E-state index < -0.39 is 12.8 Å². The number of aromatic nitrogens is 2. The third-order valence-electron chi connectivity index (χ3n) is 3.31. The average Bonchev–Trinajstić information content (AvgIpc) is 3.01. The number of rotatable bonds is 7. The van der Waals surface area contributed by atoms with Crippen molar-refractivity contribution in [2.45, 2.75) is 26.2 Å². The van der Waals surface area contributed by atoms with Crippen molar-refractivity contribution in [3.05, 3.63) is 47.8 Å². The first kappa shape index (κ1) is 23.1. The molecule has 0 amide bonds. The summed E-state index contributed by atoms with van der Waals surface area (Å²) in [6.07, 6.45) is -0.689. The van der Waals surface area contributed by atoms with Crippen molar-refractivity contribution in [2.24, 2.45) is 12.0 Å². The molecule has 0 aliphatic rings. The number of nitrogens with zero attached hydrogens (tertiary/aromatic N) is 3. The minimum atomic E-state index is -4.34. The molecule has 1 aromatic heterocycles. The monoisotopic (exact) mass is 497 g/mol. The van der Waals surface area contributed by atoms with Gasteiger partial charge in [-0.25, -0.2) is 4.99 Å². The van der Waals surface area contributed by atoms with Gasteiger partial charge in [0.15, 0.2) is 12.6 Å². The number of aliphatic imine (C=N–C) groups is 1. The second-order valence-electron chi connectivity index (χ2n) is 5.62. The van der Waals surface area contributed by atoms with Crippen LogP contribution in [0.4, 0.5) is 13.2 Å². The van der Waals surface area contributed by atoms with Crippen molar-refractivity contribution in [2.75, 3.05) is 13.2 Å². The maximum absolute atomic E-state index is 12.1. The molecule has 150 valence electrons. The van der Waals surface area contributed by atoms with Crippen LogP contribution in [0.25, 0.3) is 0 Å². The summed E-state index contributed by atoms with van der Waals surface area (Å²) in [7, 11) is 1.85. The Hall–Kier alpha value is -1.98. The van der Waals surface area contributed by atoms with Crippen LogP contribution < -0.4 is 15.4 Å². The van der Waals surface area contributed by atoms with Crippen molar-refractivity contribution in [1.82, 2.24) is 20.4 Å². The molecule has 0 saturated heterocycles. The van der Waals surface area contributed by atoms with Crippen LogP contribution in [-0.4, -0.2) is 35.1 Å². The third kappa shape index (κ3) is 8.98. The first-order valence-corrected chi connectivity index (χ1v) is 8.14. The maximum Gasteiger partial charge on any atom is 0.422 e. The molecule has 0 radical (unpaired) electrons. The van der Waals surface area contributed by atoms with Crippen LogP contribution in [-0.2, 0) is 20.1 Å². The summed E-state index contributed by atoms with van der Waals surface area (Å²) >= 11 is 0. The SMILES string of the molecule is CCNC(=NCc1cnn(C)c1)NCc1ccc(OCC(F)(F)F)cc1.I. The highest BCUT2D eigenvalue weighted by molar-refractivity contribution is 14.0. The quantitative estimate of drug-likeness (QED) is 0.351. The fourth-order valence-corrected chi connectivity index (χ4v) is 2.12. The summed E-state index contributed by atoms with van der Waals surface area (Å²) in [5, 5.41) is 10.4. The lowest BCUT2D eigenvalue weighted by Crippen LogP contribution is -2.36. The summed E-state index contributed by atoms with van der Waals surface area (Å²) in [5.41, 5.74) is 1.90. The molecule has 1 heterocycles. The van der Waals surface area contributed by atoms with E-state index in [9.17, 15) is 13.2 Å². The lowest BCUT2D eigenvalue weighted by Gasteiger charge is -2.12. The van der Waals surface area contributed by atoms with Crippen molar-refractivity contribution < 1.29 is 17.9 Å². The zero-order valence-electron chi connectivity index (χ0n) is 15.1. The third-order valence-corrected chi connectivity index (χ3v) is 3.31. The summed E-state index contributed by atoms with van der Waals surface area (Å²) in [6, 6.07) is 6.46. The Balaban J connectivity index is 0.00000364. The molecule has 0 aliphatic heterocycles. The van der Waals surface area contributed by atoms with Gasteiger partial charge in [0.05, 0.1) is 12.7 Å². The van der Waals surface area contributed by atoms with E-state index in [1.165, 1.54) is 12.1 Å². The first-order valence-electron chi connectivity index (χ1n) is 8.14. The highest BCUT2D eigenvalue weighted by Crippen LogP contribution is 2.18. The molecule has 0 bridgehead atoms. The van der Waals surface area contributed by atoms with E-state index in [1.54, 1.807) is 23.0 Å². The van der Waals surface area contributed by atoms with E-state index in [-0.39, 0.29) is 29.7 Å². The molecule has 0 unspecified atom stereocenters. The Kier molecular flexibility index (Phi) is 9.39. The molecule has 0 aliphatic carbocycles. The standard InChI is InChI=1S/C17H22F3N5O.HI/c1-3-21-16(23-9-14-10-24-25(2)11-14)22-8-13-4-6-15(7-5-13)26-12-17(18,19)20;/h4-7,10-11H,3,8-9,12H2,1-2H3,(H2,21,22,23);1H. The Bertz CT molecular complexity index is 716. The van der Waals surface area contributed by atoms with E-state index in [0.717, 1.165) is 11.1 Å². The smallest absolute Gasteiger partial charge is 0.422 e. The summed E-state index contributed by atoms with van der Waals surface area (Å²) < 4.78 is 42.8. The second-order valence-corrected chi connectivity index (χ2v) is 5.62.